The van der Waals surface area contributed by atoms with Crippen molar-refractivity contribution in [2.45, 2.75) is 19.3 Å². The monoisotopic (exact) mass is 212 g/mol. The Hall–Kier alpha value is -1.26. The molecule has 1 aliphatic heterocycles. The second-order valence-electron chi connectivity index (χ2n) is 4.41. The van der Waals surface area contributed by atoms with Crippen LogP contribution in [0.3, 0.4) is 0 Å². The molecule has 0 radical (unpaired) electrons. The average molecular weight is 212 g/mol. The number of hydrogen-bond donors (Lipinski definition) is 2. The van der Waals surface area contributed by atoms with Crippen molar-refractivity contribution in [2.24, 2.45) is 11.8 Å². The van der Waals surface area contributed by atoms with Crippen molar-refractivity contribution < 1.29 is 14.7 Å². The molecule has 0 aromatic heterocycles. The summed E-state index contributed by atoms with van der Waals surface area (Å²) < 4.78 is 0. The molecule has 15 heavy (non-hydrogen) atoms. The van der Waals surface area contributed by atoms with Gasteiger partial charge in [-0.05, 0) is 24.7 Å². The van der Waals surface area contributed by atoms with E-state index < -0.39 is 5.97 Å². The number of carboxylic acid groups (broad SMARTS) is 1. The number of carbonyl (C=O) groups is 2. The normalized spacial score (nSPS) is 28.9. The maximum Gasteiger partial charge on any atom is 0.323 e. The number of hydrogen-bond acceptors (Lipinski definition) is 2. The lowest BCUT2D eigenvalue weighted by Crippen LogP contribution is -2.41. The van der Waals surface area contributed by atoms with E-state index in [1.54, 1.807) is 4.90 Å². The highest BCUT2D eigenvalue weighted by atomic mass is 16.4. The molecule has 5 heteroatoms. The topological polar surface area (TPSA) is 69.6 Å². The van der Waals surface area contributed by atoms with Crippen LogP contribution in [-0.2, 0) is 4.79 Å². The summed E-state index contributed by atoms with van der Waals surface area (Å²) in [5.74, 6) is 0.309. The Morgan fingerprint density at radius 3 is 2.40 bits per heavy atom. The molecule has 2 fully saturated rings. The highest BCUT2D eigenvalue weighted by Crippen LogP contribution is 2.37. The molecule has 2 aliphatic rings. The number of carbonyl (C=O) groups excluding carboxylic acids is 1. The molecule has 2 rings (SSSR count). The number of fused-ring (bicyclic) bond motifs is 1. The number of urea groups is 1. The minimum atomic E-state index is -0.997. The molecule has 0 bridgehead atoms. The molecule has 2 unspecified atom stereocenters. The first kappa shape index (κ1) is 10.3. The molecular weight excluding hydrogens is 196 g/mol. The standard InChI is InChI=1S/C10H16N2O3/c13-9(14)4-11-10(15)12-5-7-2-1-3-8(7)6-12/h7-8H,1-6H2,(H,11,15)(H,13,14). The van der Waals surface area contributed by atoms with Gasteiger partial charge in [0, 0.05) is 13.1 Å². The van der Waals surface area contributed by atoms with Crippen molar-refractivity contribution in [3.05, 3.63) is 0 Å². The fourth-order valence-electron chi connectivity index (χ4n) is 2.66. The number of aliphatic carboxylic acids is 1. The highest BCUT2D eigenvalue weighted by Gasteiger charge is 2.37. The van der Waals surface area contributed by atoms with Crippen LogP contribution in [0.1, 0.15) is 19.3 Å². The van der Waals surface area contributed by atoms with Gasteiger partial charge in [-0.15, -0.1) is 0 Å². The van der Waals surface area contributed by atoms with Gasteiger partial charge in [0.1, 0.15) is 6.54 Å². The first-order valence-electron chi connectivity index (χ1n) is 5.41. The zero-order valence-corrected chi connectivity index (χ0v) is 8.61. The van der Waals surface area contributed by atoms with Crippen LogP contribution < -0.4 is 5.32 Å². The largest absolute Gasteiger partial charge is 0.480 e. The lowest BCUT2D eigenvalue weighted by atomic mass is 10.0. The van der Waals surface area contributed by atoms with Gasteiger partial charge in [0.05, 0.1) is 0 Å². The van der Waals surface area contributed by atoms with Crippen LogP contribution in [0.25, 0.3) is 0 Å². The van der Waals surface area contributed by atoms with E-state index in [4.69, 9.17) is 5.11 Å². The van der Waals surface area contributed by atoms with Crippen molar-refractivity contribution in [1.29, 1.82) is 0 Å². The summed E-state index contributed by atoms with van der Waals surface area (Å²) in [4.78, 5) is 23.6. The van der Waals surface area contributed by atoms with Crippen molar-refractivity contribution in [1.82, 2.24) is 10.2 Å². The first-order valence-corrected chi connectivity index (χ1v) is 5.41. The molecule has 2 amide bonds. The molecule has 5 nitrogen and oxygen atoms in total. The lowest BCUT2D eigenvalue weighted by Gasteiger charge is -2.17. The third-order valence-electron chi connectivity index (χ3n) is 3.40. The number of nitrogens with zero attached hydrogens (tertiary/aromatic N) is 1. The molecule has 2 N–H and O–H groups in total. The summed E-state index contributed by atoms with van der Waals surface area (Å²) in [6.07, 6.45) is 3.71. The van der Waals surface area contributed by atoms with Crippen LogP contribution >= 0.6 is 0 Å². The Balaban J connectivity index is 1.80. The zero-order chi connectivity index (χ0) is 10.8. The predicted molar refractivity (Wildman–Crippen MR) is 53.4 cm³/mol. The van der Waals surface area contributed by atoms with Crippen LogP contribution in [-0.4, -0.2) is 41.6 Å². The highest BCUT2D eigenvalue weighted by molar-refractivity contribution is 5.80. The Bertz CT molecular complexity index is 268. The minimum absolute atomic E-state index is 0.230. The van der Waals surface area contributed by atoms with Crippen LogP contribution in [0.4, 0.5) is 4.79 Å². The molecule has 2 atom stereocenters. The Morgan fingerprint density at radius 2 is 1.87 bits per heavy atom. The third-order valence-corrected chi connectivity index (χ3v) is 3.40. The molecule has 0 aromatic rings. The van der Waals surface area contributed by atoms with E-state index in [-0.39, 0.29) is 12.6 Å². The van der Waals surface area contributed by atoms with E-state index in [1.165, 1.54) is 19.3 Å². The van der Waals surface area contributed by atoms with Crippen LogP contribution in [0, 0.1) is 11.8 Å². The maximum absolute atomic E-state index is 11.5. The van der Waals surface area contributed by atoms with Gasteiger partial charge < -0.3 is 15.3 Å². The van der Waals surface area contributed by atoms with Gasteiger partial charge in [-0.1, -0.05) is 6.42 Å². The summed E-state index contributed by atoms with van der Waals surface area (Å²) in [6.45, 7) is 1.32. The fraction of sp³-hybridized carbons (Fsp3) is 0.800. The number of rotatable bonds is 2. The van der Waals surface area contributed by atoms with E-state index in [1.807, 2.05) is 0 Å². The summed E-state index contributed by atoms with van der Waals surface area (Å²) in [5, 5.41) is 10.8. The SMILES string of the molecule is O=C(O)CNC(=O)N1CC2CCCC2C1. The summed E-state index contributed by atoms with van der Waals surface area (Å²) in [6, 6.07) is -0.230. The van der Waals surface area contributed by atoms with E-state index >= 15 is 0 Å². The molecule has 1 aliphatic carbocycles. The summed E-state index contributed by atoms with van der Waals surface area (Å²) in [7, 11) is 0. The number of nitrogens with one attached hydrogen (secondary N) is 1. The van der Waals surface area contributed by atoms with E-state index in [0.29, 0.717) is 11.8 Å². The smallest absolute Gasteiger partial charge is 0.323 e. The first-order chi connectivity index (χ1) is 7.16. The maximum atomic E-state index is 11.5. The van der Waals surface area contributed by atoms with Crippen LogP contribution in [0.15, 0.2) is 0 Å². The molecule has 0 spiro atoms. The lowest BCUT2D eigenvalue weighted by molar-refractivity contribution is -0.135. The van der Waals surface area contributed by atoms with Crippen molar-refractivity contribution >= 4 is 12.0 Å². The Labute approximate surface area is 88.4 Å². The van der Waals surface area contributed by atoms with Crippen LogP contribution in [0.5, 0.6) is 0 Å². The van der Waals surface area contributed by atoms with Crippen molar-refractivity contribution in [3.8, 4) is 0 Å². The second-order valence-corrected chi connectivity index (χ2v) is 4.41. The van der Waals surface area contributed by atoms with Crippen LogP contribution in [0.2, 0.25) is 0 Å². The van der Waals surface area contributed by atoms with E-state index in [2.05, 4.69) is 5.32 Å². The molecular formula is C10H16N2O3. The minimum Gasteiger partial charge on any atom is -0.480 e. The van der Waals surface area contributed by atoms with Gasteiger partial charge in [0.2, 0.25) is 0 Å². The molecule has 0 aromatic carbocycles. The van der Waals surface area contributed by atoms with Gasteiger partial charge in [-0.2, -0.15) is 0 Å². The van der Waals surface area contributed by atoms with Crippen molar-refractivity contribution in [2.75, 3.05) is 19.6 Å². The van der Waals surface area contributed by atoms with Gasteiger partial charge in [-0.25, -0.2) is 4.79 Å². The second kappa shape index (κ2) is 4.08. The number of carboxylic acids is 1. The zero-order valence-electron chi connectivity index (χ0n) is 8.61. The molecule has 1 saturated heterocycles. The summed E-state index contributed by atoms with van der Waals surface area (Å²) >= 11 is 0. The number of amides is 2. The van der Waals surface area contributed by atoms with Crippen molar-refractivity contribution in [3.63, 3.8) is 0 Å². The molecule has 1 heterocycles. The number of likely N-dealkylation sites (tertiary alicyclic amines) is 1. The van der Waals surface area contributed by atoms with Gasteiger partial charge >= 0.3 is 12.0 Å². The fourth-order valence-corrected chi connectivity index (χ4v) is 2.66. The van der Waals surface area contributed by atoms with E-state index in [9.17, 15) is 9.59 Å². The Morgan fingerprint density at radius 1 is 1.27 bits per heavy atom. The quantitative estimate of drug-likeness (QED) is 0.700. The van der Waals surface area contributed by atoms with E-state index in [0.717, 1.165) is 13.1 Å². The van der Waals surface area contributed by atoms with Gasteiger partial charge in [0.25, 0.3) is 0 Å². The molecule has 1 saturated carbocycles. The average Bonchev–Trinajstić information content (AvgIpc) is 2.72. The van der Waals surface area contributed by atoms with Gasteiger partial charge in [0.15, 0.2) is 0 Å². The predicted octanol–water partition coefficient (Wildman–Crippen LogP) is 0.512. The Kier molecular flexibility index (Phi) is 2.79. The summed E-state index contributed by atoms with van der Waals surface area (Å²) in [5.41, 5.74) is 0. The van der Waals surface area contributed by atoms with Gasteiger partial charge in [-0.3, -0.25) is 4.79 Å². The molecule has 84 valence electrons. The third kappa shape index (κ3) is 2.22.